The number of benzene rings is 1. The SMILES string of the molecule is CCc1nccn1CC(C)NCc1cn[nH]c1-c1ccc(OC)cc1. The Morgan fingerprint density at radius 1 is 1.28 bits per heavy atom. The molecule has 1 atom stereocenters. The lowest BCUT2D eigenvalue weighted by Crippen LogP contribution is -2.30. The maximum atomic E-state index is 5.22. The molecule has 1 aromatic carbocycles. The number of aromatic amines is 1. The van der Waals surface area contributed by atoms with E-state index in [1.54, 1.807) is 7.11 Å². The van der Waals surface area contributed by atoms with Gasteiger partial charge in [0, 0.05) is 49.1 Å². The van der Waals surface area contributed by atoms with Gasteiger partial charge in [-0.15, -0.1) is 0 Å². The van der Waals surface area contributed by atoms with Gasteiger partial charge in [-0.3, -0.25) is 5.10 Å². The molecule has 6 heteroatoms. The predicted molar refractivity (Wildman–Crippen MR) is 98.5 cm³/mol. The Bertz CT molecular complexity index is 790. The molecule has 0 aliphatic rings. The van der Waals surface area contributed by atoms with Gasteiger partial charge >= 0.3 is 0 Å². The summed E-state index contributed by atoms with van der Waals surface area (Å²) in [5.74, 6) is 1.97. The third-order valence-corrected chi connectivity index (χ3v) is 4.33. The zero-order chi connectivity index (χ0) is 17.6. The summed E-state index contributed by atoms with van der Waals surface area (Å²) in [5.41, 5.74) is 3.29. The number of methoxy groups -OCH3 is 1. The van der Waals surface area contributed by atoms with Crippen molar-refractivity contribution in [3.05, 3.63) is 54.2 Å². The summed E-state index contributed by atoms with van der Waals surface area (Å²) in [6.07, 6.45) is 6.73. The Balaban J connectivity index is 1.63. The van der Waals surface area contributed by atoms with Crippen LogP contribution in [0.15, 0.2) is 42.9 Å². The van der Waals surface area contributed by atoms with E-state index in [0.29, 0.717) is 6.04 Å². The van der Waals surface area contributed by atoms with Gasteiger partial charge in [-0.2, -0.15) is 5.10 Å². The van der Waals surface area contributed by atoms with Crippen LogP contribution >= 0.6 is 0 Å². The number of ether oxygens (including phenoxy) is 1. The lowest BCUT2D eigenvalue weighted by atomic mass is 10.1. The van der Waals surface area contributed by atoms with Gasteiger partial charge in [-0.25, -0.2) is 4.98 Å². The number of aromatic nitrogens is 4. The van der Waals surface area contributed by atoms with Crippen molar-refractivity contribution in [3.63, 3.8) is 0 Å². The highest BCUT2D eigenvalue weighted by Crippen LogP contribution is 2.23. The fraction of sp³-hybridized carbons (Fsp3) is 0.368. The van der Waals surface area contributed by atoms with Gasteiger partial charge < -0.3 is 14.6 Å². The molecule has 0 radical (unpaired) electrons. The van der Waals surface area contributed by atoms with Gasteiger partial charge in [0.2, 0.25) is 0 Å². The van der Waals surface area contributed by atoms with E-state index in [4.69, 9.17) is 4.74 Å². The van der Waals surface area contributed by atoms with Crippen LogP contribution in [-0.4, -0.2) is 32.9 Å². The van der Waals surface area contributed by atoms with Crippen molar-refractivity contribution in [3.8, 4) is 17.0 Å². The van der Waals surface area contributed by atoms with Crippen LogP contribution in [-0.2, 0) is 19.5 Å². The molecule has 0 spiro atoms. The second-order valence-corrected chi connectivity index (χ2v) is 6.13. The van der Waals surface area contributed by atoms with Crippen molar-refractivity contribution >= 4 is 0 Å². The highest BCUT2D eigenvalue weighted by molar-refractivity contribution is 5.63. The summed E-state index contributed by atoms with van der Waals surface area (Å²) in [6, 6.07) is 8.33. The van der Waals surface area contributed by atoms with E-state index in [1.807, 2.05) is 42.9 Å². The first-order chi connectivity index (χ1) is 12.2. The molecule has 25 heavy (non-hydrogen) atoms. The van der Waals surface area contributed by atoms with Crippen LogP contribution in [0.25, 0.3) is 11.3 Å². The zero-order valence-corrected chi connectivity index (χ0v) is 15.0. The van der Waals surface area contributed by atoms with Crippen molar-refractivity contribution in [1.82, 2.24) is 25.1 Å². The Morgan fingerprint density at radius 3 is 2.80 bits per heavy atom. The molecule has 6 nitrogen and oxygen atoms in total. The third-order valence-electron chi connectivity index (χ3n) is 4.33. The molecule has 0 aliphatic heterocycles. The number of imidazole rings is 1. The number of nitrogens with zero attached hydrogens (tertiary/aromatic N) is 3. The van der Waals surface area contributed by atoms with E-state index < -0.39 is 0 Å². The Labute approximate surface area is 148 Å². The quantitative estimate of drug-likeness (QED) is 0.662. The van der Waals surface area contributed by atoms with Crippen LogP contribution < -0.4 is 10.1 Å². The maximum Gasteiger partial charge on any atom is 0.118 e. The lowest BCUT2D eigenvalue weighted by molar-refractivity contribution is 0.415. The van der Waals surface area contributed by atoms with E-state index in [-0.39, 0.29) is 0 Å². The summed E-state index contributed by atoms with van der Waals surface area (Å²) in [7, 11) is 1.67. The van der Waals surface area contributed by atoms with Gasteiger partial charge in [-0.05, 0) is 31.2 Å². The molecule has 3 rings (SSSR count). The molecule has 132 valence electrons. The summed E-state index contributed by atoms with van der Waals surface area (Å²) in [4.78, 5) is 4.38. The molecule has 0 amide bonds. The molecular weight excluding hydrogens is 314 g/mol. The van der Waals surface area contributed by atoms with Gasteiger partial charge in [0.05, 0.1) is 19.0 Å². The molecule has 0 saturated carbocycles. The first kappa shape index (κ1) is 17.2. The van der Waals surface area contributed by atoms with Crippen molar-refractivity contribution in [2.24, 2.45) is 0 Å². The molecule has 2 aromatic heterocycles. The fourth-order valence-corrected chi connectivity index (χ4v) is 2.92. The van der Waals surface area contributed by atoms with E-state index >= 15 is 0 Å². The fourth-order valence-electron chi connectivity index (χ4n) is 2.92. The lowest BCUT2D eigenvalue weighted by Gasteiger charge is -2.16. The minimum Gasteiger partial charge on any atom is -0.497 e. The number of hydrogen-bond donors (Lipinski definition) is 2. The van der Waals surface area contributed by atoms with Crippen molar-refractivity contribution in [2.45, 2.75) is 39.4 Å². The van der Waals surface area contributed by atoms with Gasteiger partial charge in [-0.1, -0.05) is 6.92 Å². The van der Waals surface area contributed by atoms with Gasteiger partial charge in [0.1, 0.15) is 11.6 Å². The Morgan fingerprint density at radius 2 is 2.08 bits per heavy atom. The summed E-state index contributed by atoms with van der Waals surface area (Å²) in [5, 5.41) is 10.9. The largest absolute Gasteiger partial charge is 0.497 e. The molecule has 2 heterocycles. The number of rotatable bonds is 8. The van der Waals surface area contributed by atoms with E-state index in [1.165, 1.54) is 0 Å². The topological polar surface area (TPSA) is 67.8 Å². The second kappa shape index (κ2) is 7.98. The van der Waals surface area contributed by atoms with Crippen LogP contribution in [0.1, 0.15) is 25.2 Å². The molecular formula is C19H25N5O. The first-order valence-corrected chi connectivity index (χ1v) is 8.61. The van der Waals surface area contributed by atoms with Crippen LogP contribution in [0, 0.1) is 0 Å². The Kier molecular flexibility index (Phi) is 5.50. The normalized spacial score (nSPS) is 12.3. The molecule has 0 aliphatic carbocycles. The average molecular weight is 339 g/mol. The number of aryl methyl sites for hydroxylation is 1. The predicted octanol–water partition coefficient (Wildman–Crippen LogP) is 3.02. The highest BCUT2D eigenvalue weighted by Gasteiger charge is 2.11. The molecule has 0 fully saturated rings. The summed E-state index contributed by atoms with van der Waals surface area (Å²) < 4.78 is 7.42. The number of hydrogen-bond acceptors (Lipinski definition) is 4. The minimum absolute atomic E-state index is 0.332. The minimum atomic E-state index is 0.332. The van der Waals surface area contributed by atoms with E-state index in [2.05, 4.69) is 38.9 Å². The van der Waals surface area contributed by atoms with Gasteiger partial charge in [0.15, 0.2) is 0 Å². The zero-order valence-electron chi connectivity index (χ0n) is 15.0. The molecule has 0 bridgehead atoms. The van der Waals surface area contributed by atoms with Crippen LogP contribution in [0.5, 0.6) is 5.75 Å². The molecule has 2 N–H and O–H groups in total. The summed E-state index contributed by atoms with van der Waals surface area (Å²) in [6.45, 7) is 5.98. The van der Waals surface area contributed by atoms with Crippen LogP contribution in [0.2, 0.25) is 0 Å². The van der Waals surface area contributed by atoms with Crippen molar-refractivity contribution in [1.29, 1.82) is 0 Å². The summed E-state index contributed by atoms with van der Waals surface area (Å²) >= 11 is 0. The smallest absolute Gasteiger partial charge is 0.118 e. The Hall–Kier alpha value is -2.60. The standard InChI is InChI=1S/C19H25N5O/c1-4-18-20-9-10-24(18)13-14(2)21-11-16-12-22-23-19(16)15-5-7-17(25-3)8-6-15/h5-10,12,14,21H,4,11,13H2,1-3H3,(H,22,23). The molecule has 3 aromatic rings. The van der Waals surface area contributed by atoms with E-state index in [9.17, 15) is 0 Å². The molecule has 1 unspecified atom stereocenters. The highest BCUT2D eigenvalue weighted by atomic mass is 16.5. The van der Waals surface area contributed by atoms with Gasteiger partial charge in [0.25, 0.3) is 0 Å². The number of nitrogens with one attached hydrogen (secondary N) is 2. The maximum absolute atomic E-state index is 5.22. The van der Waals surface area contributed by atoms with Crippen molar-refractivity contribution in [2.75, 3.05) is 7.11 Å². The molecule has 0 saturated heterocycles. The van der Waals surface area contributed by atoms with E-state index in [0.717, 1.165) is 47.9 Å². The first-order valence-electron chi connectivity index (χ1n) is 8.61. The monoisotopic (exact) mass is 339 g/mol. The van der Waals surface area contributed by atoms with Crippen molar-refractivity contribution < 1.29 is 4.74 Å². The third kappa shape index (κ3) is 4.09. The average Bonchev–Trinajstić information content (AvgIpc) is 3.29. The number of H-pyrrole nitrogens is 1. The van der Waals surface area contributed by atoms with Crippen LogP contribution in [0.3, 0.4) is 0 Å². The second-order valence-electron chi connectivity index (χ2n) is 6.13. The van der Waals surface area contributed by atoms with Crippen LogP contribution in [0.4, 0.5) is 0 Å².